The molecule has 0 aromatic rings. The quantitative estimate of drug-likeness (QED) is 0.0228. The Bertz CT molecular complexity index is 1650. The molecule has 0 aromatic carbocycles. The molecular weight excluding hydrogens is 997 g/mol. The molecule has 0 aromatic heterocycles. The van der Waals surface area contributed by atoms with Crippen LogP contribution in [-0.4, -0.2) is 89.2 Å². The minimum absolute atomic E-state index is 0.0163. The first-order valence-corrected chi connectivity index (χ1v) is 31.9. The predicted molar refractivity (Wildman–Crippen MR) is 322 cm³/mol. The molecule has 12 heteroatoms. The van der Waals surface area contributed by atoms with E-state index in [1.807, 2.05) is 12.2 Å². The number of carbonyl (C=O) groups is 4. The summed E-state index contributed by atoms with van der Waals surface area (Å²) < 4.78 is 28.4. The van der Waals surface area contributed by atoms with Gasteiger partial charge in [-0.25, -0.2) is 4.79 Å². The second kappa shape index (κ2) is 54.7. The Morgan fingerprint density at radius 1 is 0.443 bits per heavy atom. The van der Waals surface area contributed by atoms with Gasteiger partial charge in [0.25, 0.3) is 0 Å². The van der Waals surface area contributed by atoms with Crippen LogP contribution in [-0.2, 0) is 42.9 Å². The van der Waals surface area contributed by atoms with Gasteiger partial charge in [-0.15, -0.1) is 0 Å². The lowest BCUT2D eigenvalue weighted by molar-refractivity contribution is -0.301. The summed E-state index contributed by atoms with van der Waals surface area (Å²) in [6, 6.07) is 0. The number of carboxylic acid groups (broad SMARTS) is 1. The molecule has 1 rings (SSSR count). The molecule has 1 saturated heterocycles. The molecule has 0 bridgehead atoms. The Morgan fingerprint density at radius 2 is 0.835 bits per heavy atom. The van der Waals surface area contributed by atoms with Crippen LogP contribution in [0.2, 0.25) is 0 Å². The van der Waals surface area contributed by atoms with Gasteiger partial charge in [-0.3, -0.25) is 14.4 Å². The van der Waals surface area contributed by atoms with Crippen molar-refractivity contribution in [1.29, 1.82) is 0 Å². The van der Waals surface area contributed by atoms with Crippen LogP contribution in [0.1, 0.15) is 278 Å². The summed E-state index contributed by atoms with van der Waals surface area (Å²) >= 11 is 0. The second-order valence-electron chi connectivity index (χ2n) is 21.7. The molecule has 1 aliphatic rings. The highest BCUT2D eigenvalue weighted by Gasteiger charge is 2.50. The van der Waals surface area contributed by atoms with Gasteiger partial charge in [-0.2, -0.15) is 0 Å². The van der Waals surface area contributed by atoms with E-state index >= 15 is 0 Å². The zero-order valence-corrected chi connectivity index (χ0v) is 50.1. The van der Waals surface area contributed by atoms with Crippen LogP contribution >= 0.6 is 0 Å². The highest BCUT2D eigenvalue weighted by Crippen LogP contribution is 2.27. The van der Waals surface area contributed by atoms with E-state index in [0.717, 1.165) is 89.9 Å². The molecule has 3 N–H and O–H groups in total. The molecule has 6 atom stereocenters. The average Bonchev–Trinajstić information content (AvgIpc) is 3.46. The first kappa shape index (κ1) is 73.2. The van der Waals surface area contributed by atoms with Gasteiger partial charge in [0.05, 0.1) is 13.0 Å². The number of allylic oxidation sites excluding steroid dienone is 11. The lowest BCUT2D eigenvalue weighted by Crippen LogP contribution is -2.61. The molecule has 79 heavy (non-hydrogen) atoms. The predicted octanol–water partition coefficient (Wildman–Crippen LogP) is 16.9. The number of unbranched alkanes of at least 4 members (excludes halogenated alkanes) is 29. The lowest BCUT2D eigenvalue weighted by Gasteiger charge is -2.40. The molecule has 0 spiro atoms. The van der Waals surface area contributed by atoms with Crippen LogP contribution in [0.5, 0.6) is 0 Å². The van der Waals surface area contributed by atoms with Gasteiger partial charge >= 0.3 is 23.9 Å². The topological polar surface area (TPSA) is 175 Å². The number of aliphatic hydroxyl groups is 2. The van der Waals surface area contributed by atoms with Crippen molar-refractivity contribution in [3.05, 3.63) is 72.9 Å². The summed E-state index contributed by atoms with van der Waals surface area (Å²) in [6.45, 7) is 5.81. The molecule has 1 heterocycles. The Hall–Kier alpha value is -3.84. The Balaban J connectivity index is 2.69. The SMILES string of the molecule is CC/C=C\C/C=C\C/C=C\C/C=C\C/C=C\CC(=O)OCC(COC1OC(C(=O)O)C(O)C(O)C1OC(=O)CCCCCCCCCCCCCCCCCCCCC)OC(=O)CCCCCCC/C=C\CCCCCCCC. The first-order valence-electron chi connectivity index (χ1n) is 31.9. The number of aliphatic hydroxyl groups excluding tert-OH is 2. The third kappa shape index (κ3) is 44.5. The third-order valence-corrected chi connectivity index (χ3v) is 14.3. The third-order valence-electron chi connectivity index (χ3n) is 14.3. The van der Waals surface area contributed by atoms with Gasteiger partial charge in [0, 0.05) is 12.8 Å². The number of rotatable bonds is 54. The maximum atomic E-state index is 13.2. The normalized spacial score (nSPS) is 18.3. The van der Waals surface area contributed by atoms with E-state index in [1.165, 1.54) is 128 Å². The van der Waals surface area contributed by atoms with E-state index in [4.69, 9.17) is 23.7 Å². The standard InChI is InChI=1S/C67H114O12/c1-4-7-10-13-16-19-22-25-28-29-30-31-34-37-40-43-46-49-52-55-61(70)78-65-63(72)62(71)64(66(73)74)79-67(65)76-57-58(77-60(69)54-51-48-45-42-39-36-33-27-24-21-18-15-12-9-6-3)56-75-59(68)53-50-47-44-41-38-35-32-26-23-20-17-14-11-8-5-2/h8,11,17,20,26-27,32-33,38,41,47,50,58,62-65,67,71-72H,4-7,9-10,12-16,18-19,21-25,28-31,34-37,39-40,42-46,48-49,51-57H2,1-3H3,(H,73,74)/b11-8-,20-17-,32-26-,33-27-,41-38-,50-47-. The second-order valence-corrected chi connectivity index (χ2v) is 21.7. The fraction of sp³-hybridized carbons (Fsp3) is 0.761. The summed E-state index contributed by atoms with van der Waals surface area (Å²) in [5.74, 6) is -3.28. The van der Waals surface area contributed by atoms with Crippen LogP contribution in [0.25, 0.3) is 0 Å². The molecule has 1 aliphatic heterocycles. The molecule has 6 unspecified atom stereocenters. The van der Waals surface area contributed by atoms with Crippen LogP contribution in [0, 0.1) is 0 Å². The van der Waals surface area contributed by atoms with Crippen LogP contribution in [0.4, 0.5) is 0 Å². The Kier molecular flexibility index (Phi) is 50.7. The van der Waals surface area contributed by atoms with Crippen molar-refractivity contribution in [2.24, 2.45) is 0 Å². The maximum Gasteiger partial charge on any atom is 0.335 e. The van der Waals surface area contributed by atoms with E-state index < -0.39 is 67.3 Å². The van der Waals surface area contributed by atoms with Crippen LogP contribution in [0.3, 0.4) is 0 Å². The van der Waals surface area contributed by atoms with Crippen molar-refractivity contribution in [3.63, 3.8) is 0 Å². The fourth-order valence-electron chi connectivity index (χ4n) is 9.44. The van der Waals surface area contributed by atoms with E-state index in [9.17, 15) is 34.5 Å². The van der Waals surface area contributed by atoms with Crippen molar-refractivity contribution in [1.82, 2.24) is 0 Å². The summed E-state index contributed by atoms with van der Waals surface area (Å²) in [5, 5.41) is 31.6. The molecule has 0 saturated carbocycles. The number of hydrogen-bond acceptors (Lipinski definition) is 11. The van der Waals surface area contributed by atoms with Crippen LogP contribution in [0.15, 0.2) is 72.9 Å². The van der Waals surface area contributed by atoms with Crippen LogP contribution < -0.4 is 0 Å². The minimum atomic E-state index is -1.91. The molecule has 0 aliphatic carbocycles. The van der Waals surface area contributed by atoms with Gasteiger partial charge < -0.3 is 39.0 Å². The average molecular weight is 1110 g/mol. The Morgan fingerprint density at radius 3 is 1.27 bits per heavy atom. The number of carbonyl (C=O) groups excluding carboxylic acids is 3. The summed E-state index contributed by atoms with van der Waals surface area (Å²) in [5.41, 5.74) is 0. The van der Waals surface area contributed by atoms with Crippen molar-refractivity contribution in [2.45, 2.75) is 314 Å². The molecular formula is C67H114O12. The molecule has 0 amide bonds. The minimum Gasteiger partial charge on any atom is -0.479 e. The summed E-state index contributed by atoms with van der Waals surface area (Å²) in [7, 11) is 0. The van der Waals surface area contributed by atoms with Gasteiger partial charge in [0.1, 0.15) is 18.8 Å². The van der Waals surface area contributed by atoms with Gasteiger partial charge in [0.15, 0.2) is 24.6 Å². The van der Waals surface area contributed by atoms with Crippen molar-refractivity contribution in [2.75, 3.05) is 13.2 Å². The molecule has 1 fully saturated rings. The highest BCUT2D eigenvalue weighted by molar-refractivity contribution is 5.74. The molecule has 12 nitrogen and oxygen atoms in total. The van der Waals surface area contributed by atoms with E-state index in [-0.39, 0.29) is 25.9 Å². The molecule has 454 valence electrons. The number of esters is 3. The highest BCUT2D eigenvalue weighted by atomic mass is 16.7. The maximum absolute atomic E-state index is 13.2. The first-order chi connectivity index (χ1) is 38.6. The van der Waals surface area contributed by atoms with E-state index in [2.05, 4.69) is 75.5 Å². The largest absolute Gasteiger partial charge is 0.479 e. The summed E-state index contributed by atoms with van der Waals surface area (Å²) in [6.07, 6.45) is 57.5. The number of aliphatic carboxylic acids is 1. The fourth-order valence-corrected chi connectivity index (χ4v) is 9.44. The number of hydrogen-bond donors (Lipinski definition) is 3. The van der Waals surface area contributed by atoms with E-state index in [0.29, 0.717) is 19.3 Å². The number of carboxylic acids is 1. The van der Waals surface area contributed by atoms with Crippen molar-refractivity contribution >= 4 is 23.9 Å². The van der Waals surface area contributed by atoms with Crippen molar-refractivity contribution < 1.29 is 58.2 Å². The number of ether oxygens (including phenoxy) is 5. The van der Waals surface area contributed by atoms with Gasteiger partial charge in [0.2, 0.25) is 0 Å². The monoisotopic (exact) mass is 1110 g/mol. The van der Waals surface area contributed by atoms with Gasteiger partial charge in [-0.1, -0.05) is 261 Å². The Labute approximate surface area is 480 Å². The lowest BCUT2D eigenvalue weighted by atomic mass is 9.98. The molecule has 0 radical (unpaired) electrons. The van der Waals surface area contributed by atoms with Crippen molar-refractivity contribution in [3.8, 4) is 0 Å². The zero-order chi connectivity index (χ0) is 57.5. The van der Waals surface area contributed by atoms with Gasteiger partial charge in [-0.05, 0) is 70.6 Å². The zero-order valence-electron chi connectivity index (χ0n) is 50.1. The summed E-state index contributed by atoms with van der Waals surface area (Å²) in [4.78, 5) is 51.2. The van der Waals surface area contributed by atoms with E-state index in [1.54, 1.807) is 6.08 Å². The smallest absolute Gasteiger partial charge is 0.335 e.